The Morgan fingerprint density at radius 3 is 2.79 bits per heavy atom. The Kier molecular flexibility index (Phi) is 5.91. The van der Waals surface area contributed by atoms with Crippen LogP contribution in [0.3, 0.4) is 0 Å². The fraction of sp³-hybridized carbons (Fsp3) is 0.188. The van der Waals surface area contributed by atoms with Gasteiger partial charge in [-0.3, -0.25) is 10.1 Å². The minimum Gasteiger partial charge on any atom is -0.495 e. The van der Waals surface area contributed by atoms with E-state index in [9.17, 15) is 9.59 Å². The second-order valence-electron chi connectivity index (χ2n) is 4.71. The van der Waals surface area contributed by atoms with Crippen molar-refractivity contribution in [2.24, 2.45) is 0 Å². The summed E-state index contributed by atoms with van der Waals surface area (Å²) in [6.45, 7) is 5.62. The minimum absolute atomic E-state index is 0.247. The number of aryl methyl sites for hydroxylation is 1. The number of nitrogens with zero attached hydrogens (tertiary/aromatic N) is 1. The molecule has 0 saturated heterocycles. The fourth-order valence-electron chi connectivity index (χ4n) is 1.90. The number of ether oxygens (including phenoxy) is 1. The number of urea groups is 1. The molecule has 0 unspecified atom stereocenters. The maximum absolute atomic E-state index is 12.1. The van der Waals surface area contributed by atoms with Gasteiger partial charge in [0.25, 0.3) is 5.91 Å². The van der Waals surface area contributed by atoms with E-state index in [1.54, 1.807) is 37.3 Å². The van der Waals surface area contributed by atoms with E-state index in [1.807, 2.05) is 0 Å². The van der Waals surface area contributed by atoms with Gasteiger partial charge >= 0.3 is 6.03 Å². The molecule has 0 fully saturated rings. The number of thiazole rings is 1. The number of hydrogen-bond donors (Lipinski definition) is 3. The lowest BCUT2D eigenvalue weighted by molar-refractivity contribution is 0.0961. The largest absolute Gasteiger partial charge is 0.495 e. The quantitative estimate of drug-likeness (QED) is 0.701. The van der Waals surface area contributed by atoms with Crippen molar-refractivity contribution in [1.82, 2.24) is 10.3 Å². The minimum atomic E-state index is -0.466. The Hall–Kier alpha value is -2.87. The van der Waals surface area contributed by atoms with Crippen LogP contribution in [0.15, 0.2) is 36.9 Å². The van der Waals surface area contributed by atoms with E-state index in [2.05, 4.69) is 27.5 Å². The van der Waals surface area contributed by atoms with Gasteiger partial charge in [0.2, 0.25) is 0 Å². The summed E-state index contributed by atoms with van der Waals surface area (Å²) in [6.07, 6.45) is 1.59. The van der Waals surface area contributed by atoms with Crippen LogP contribution in [0, 0.1) is 6.92 Å². The van der Waals surface area contributed by atoms with Crippen LogP contribution >= 0.6 is 11.3 Å². The Balaban J connectivity index is 2.04. The van der Waals surface area contributed by atoms with Gasteiger partial charge in [0.1, 0.15) is 10.6 Å². The maximum atomic E-state index is 12.1. The highest BCUT2D eigenvalue weighted by atomic mass is 32.1. The molecule has 0 bridgehead atoms. The molecule has 0 aliphatic carbocycles. The molecule has 3 N–H and O–H groups in total. The number of nitrogens with one attached hydrogen (secondary N) is 3. The molecule has 1 aromatic carbocycles. The fourth-order valence-corrected chi connectivity index (χ4v) is 2.78. The molecule has 7 nitrogen and oxygen atoms in total. The summed E-state index contributed by atoms with van der Waals surface area (Å²) >= 11 is 1.11. The summed E-state index contributed by atoms with van der Waals surface area (Å²) in [5.74, 6) is 0.301. The van der Waals surface area contributed by atoms with Crippen LogP contribution in [0.25, 0.3) is 0 Å². The zero-order valence-electron chi connectivity index (χ0n) is 13.4. The predicted octanol–water partition coefficient (Wildman–Crippen LogP) is 3.02. The summed E-state index contributed by atoms with van der Waals surface area (Å²) in [6, 6.07) is 6.59. The Bertz CT molecular complexity index is 758. The van der Waals surface area contributed by atoms with Crippen LogP contribution in [-0.4, -0.2) is 30.6 Å². The van der Waals surface area contributed by atoms with Crippen molar-refractivity contribution < 1.29 is 14.3 Å². The number of carbonyl (C=O) groups excluding carboxylic acids is 2. The molecule has 0 aliphatic heterocycles. The van der Waals surface area contributed by atoms with Crippen molar-refractivity contribution in [3.8, 4) is 5.75 Å². The third kappa shape index (κ3) is 4.32. The molecule has 126 valence electrons. The van der Waals surface area contributed by atoms with E-state index >= 15 is 0 Å². The standard InChI is InChI=1S/C16H18N4O3S/c1-4-9-17-14(21)13-10(2)18-16(24-13)20-15(22)19-11-7-5-6-8-12(11)23-3/h4-8H,1,9H2,2-3H3,(H,17,21)(H2,18,19,20,22). The number of carbonyl (C=O) groups is 2. The molecule has 1 heterocycles. The van der Waals surface area contributed by atoms with Crippen molar-refractivity contribution in [2.75, 3.05) is 24.3 Å². The van der Waals surface area contributed by atoms with Gasteiger partial charge < -0.3 is 15.4 Å². The second-order valence-corrected chi connectivity index (χ2v) is 5.71. The third-order valence-corrected chi connectivity index (χ3v) is 4.06. The van der Waals surface area contributed by atoms with Gasteiger partial charge in [-0.2, -0.15) is 0 Å². The number of hydrogen-bond acceptors (Lipinski definition) is 5. The Morgan fingerprint density at radius 1 is 1.33 bits per heavy atom. The second kappa shape index (κ2) is 8.11. The number of methoxy groups -OCH3 is 1. The van der Waals surface area contributed by atoms with Crippen molar-refractivity contribution in [3.05, 3.63) is 47.5 Å². The molecule has 3 amide bonds. The number of para-hydroxylation sites is 2. The molecule has 2 aromatic rings. The normalized spacial score (nSPS) is 9.92. The van der Waals surface area contributed by atoms with E-state index in [0.29, 0.717) is 33.7 Å². The molecule has 0 aliphatic rings. The molecular weight excluding hydrogens is 328 g/mol. The van der Waals surface area contributed by atoms with Crippen molar-refractivity contribution in [1.29, 1.82) is 0 Å². The van der Waals surface area contributed by atoms with Crippen LogP contribution in [0.2, 0.25) is 0 Å². The first-order chi connectivity index (χ1) is 11.5. The Morgan fingerprint density at radius 2 is 2.08 bits per heavy atom. The van der Waals surface area contributed by atoms with E-state index in [-0.39, 0.29) is 5.91 Å². The number of aromatic nitrogens is 1. The van der Waals surface area contributed by atoms with Gasteiger partial charge in [0.05, 0.1) is 18.5 Å². The van der Waals surface area contributed by atoms with E-state index in [0.717, 1.165) is 11.3 Å². The first kappa shape index (κ1) is 17.5. The summed E-state index contributed by atoms with van der Waals surface area (Å²) in [7, 11) is 1.52. The molecule has 2 rings (SSSR count). The van der Waals surface area contributed by atoms with Crippen LogP contribution in [0.5, 0.6) is 5.75 Å². The average molecular weight is 346 g/mol. The van der Waals surface area contributed by atoms with Crippen molar-refractivity contribution >= 4 is 34.1 Å². The summed E-state index contributed by atoms with van der Waals surface area (Å²) in [5, 5.41) is 8.31. The molecule has 0 atom stereocenters. The van der Waals surface area contributed by atoms with Crippen LogP contribution in [-0.2, 0) is 0 Å². The van der Waals surface area contributed by atoms with Gasteiger partial charge in [-0.05, 0) is 19.1 Å². The topological polar surface area (TPSA) is 92.4 Å². The lowest BCUT2D eigenvalue weighted by atomic mass is 10.3. The van der Waals surface area contributed by atoms with E-state index in [1.165, 1.54) is 7.11 Å². The van der Waals surface area contributed by atoms with E-state index < -0.39 is 6.03 Å². The van der Waals surface area contributed by atoms with Crippen LogP contribution in [0.4, 0.5) is 15.6 Å². The van der Waals surface area contributed by atoms with Crippen molar-refractivity contribution in [3.63, 3.8) is 0 Å². The average Bonchev–Trinajstić information content (AvgIpc) is 2.93. The van der Waals surface area contributed by atoms with Crippen LogP contribution < -0.4 is 20.7 Å². The molecule has 0 spiro atoms. The summed E-state index contributed by atoms with van der Waals surface area (Å²) < 4.78 is 5.17. The zero-order chi connectivity index (χ0) is 17.5. The van der Waals surface area contributed by atoms with Gasteiger partial charge in [0.15, 0.2) is 5.13 Å². The van der Waals surface area contributed by atoms with Crippen molar-refractivity contribution in [2.45, 2.75) is 6.92 Å². The van der Waals surface area contributed by atoms with Crippen LogP contribution in [0.1, 0.15) is 15.4 Å². The van der Waals surface area contributed by atoms with E-state index in [4.69, 9.17) is 4.74 Å². The molecular formula is C16H18N4O3S. The highest BCUT2D eigenvalue weighted by Gasteiger charge is 2.16. The third-order valence-electron chi connectivity index (χ3n) is 2.99. The lowest BCUT2D eigenvalue weighted by Gasteiger charge is -2.09. The lowest BCUT2D eigenvalue weighted by Crippen LogP contribution is -2.22. The summed E-state index contributed by atoms with van der Waals surface area (Å²) in [5.41, 5.74) is 1.09. The number of anilines is 2. The monoisotopic (exact) mass is 346 g/mol. The SMILES string of the molecule is C=CCNC(=O)c1sc(NC(=O)Nc2ccccc2OC)nc1C. The predicted molar refractivity (Wildman–Crippen MR) is 95.0 cm³/mol. The van der Waals surface area contributed by atoms with Gasteiger partial charge in [-0.15, -0.1) is 6.58 Å². The first-order valence-electron chi connectivity index (χ1n) is 7.12. The Labute approximate surface area is 143 Å². The van der Waals surface area contributed by atoms with Gasteiger partial charge in [-0.1, -0.05) is 29.5 Å². The number of benzene rings is 1. The first-order valence-corrected chi connectivity index (χ1v) is 7.94. The molecule has 24 heavy (non-hydrogen) atoms. The molecule has 0 saturated carbocycles. The van der Waals surface area contributed by atoms with Gasteiger partial charge in [-0.25, -0.2) is 9.78 Å². The maximum Gasteiger partial charge on any atom is 0.325 e. The van der Waals surface area contributed by atoms with Gasteiger partial charge in [0, 0.05) is 6.54 Å². The molecule has 8 heteroatoms. The molecule has 0 radical (unpaired) electrons. The zero-order valence-corrected chi connectivity index (χ0v) is 14.2. The number of rotatable bonds is 6. The molecule has 1 aromatic heterocycles. The highest BCUT2D eigenvalue weighted by Crippen LogP contribution is 2.25. The smallest absolute Gasteiger partial charge is 0.325 e. The summed E-state index contributed by atoms with van der Waals surface area (Å²) in [4.78, 5) is 28.7. The highest BCUT2D eigenvalue weighted by molar-refractivity contribution is 7.17. The number of amides is 3.